The summed E-state index contributed by atoms with van der Waals surface area (Å²) in [5, 5.41) is 0.454. The minimum atomic E-state index is -3.57. The van der Waals surface area contributed by atoms with E-state index in [1.54, 1.807) is 11.8 Å². The Morgan fingerprint density at radius 1 is 1.03 bits per heavy atom. The van der Waals surface area contributed by atoms with Gasteiger partial charge in [-0.05, 0) is 54.8 Å². The Kier molecular flexibility index (Phi) is 6.35. The van der Waals surface area contributed by atoms with Gasteiger partial charge in [-0.3, -0.25) is 13.7 Å². The largest absolute Gasteiger partial charge is 0.497 e. The quantitative estimate of drug-likeness (QED) is 0.370. The van der Waals surface area contributed by atoms with Gasteiger partial charge in [-0.25, -0.2) is 9.67 Å². The molecule has 2 aromatic carbocycles. The van der Waals surface area contributed by atoms with Crippen LogP contribution in [0.3, 0.4) is 0 Å². The van der Waals surface area contributed by atoms with Gasteiger partial charge >= 0.3 is 0 Å². The number of benzene rings is 2. The molecule has 0 aliphatic heterocycles. The number of hydrogen-bond acceptors (Lipinski definition) is 6. The molecule has 0 radical (unpaired) electrons. The molecule has 0 aliphatic rings. The highest BCUT2D eigenvalue weighted by atomic mass is 32.2. The zero-order valence-electron chi connectivity index (χ0n) is 18.7. The van der Waals surface area contributed by atoms with Crippen LogP contribution >= 0.6 is 0 Å². The summed E-state index contributed by atoms with van der Waals surface area (Å²) in [6.45, 7) is 2.21. The van der Waals surface area contributed by atoms with Crippen molar-refractivity contribution in [2.24, 2.45) is 0 Å². The van der Waals surface area contributed by atoms with Crippen LogP contribution in [0.2, 0.25) is 0 Å². The van der Waals surface area contributed by atoms with Gasteiger partial charge in [0.2, 0.25) is 0 Å². The van der Waals surface area contributed by atoms with Gasteiger partial charge in [0.25, 0.3) is 15.7 Å². The van der Waals surface area contributed by atoms with Crippen LogP contribution in [0.1, 0.15) is 16.8 Å². The Labute approximate surface area is 192 Å². The van der Waals surface area contributed by atoms with Gasteiger partial charge in [-0.2, -0.15) is 8.42 Å². The molecular formula is C24H25N3O5S. The van der Waals surface area contributed by atoms with Crippen molar-refractivity contribution in [3.8, 4) is 11.4 Å². The number of hydrogen-bond donors (Lipinski definition) is 0. The van der Waals surface area contributed by atoms with Crippen LogP contribution in [0.4, 0.5) is 0 Å². The van der Waals surface area contributed by atoms with E-state index in [4.69, 9.17) is 8.92 Å². The van der Waals surface area contributed by atoms with E-state index in [1.807, 2.05) is 72.3 Å². The van der Waals surface area contributed by atoms with Gasteiger partial charge in [0.15, 0.2) is 5.65 Å². The summed E-state index contributed by atoms with van der Waals surface area (Å²) in [6, 6.07) is 18.8. The van der Waals surface area contributed by atoms with E-state index in [0.29, 0.717) is 28.8 Å². The Hall–Kier alpha value is -3.43. The first-order chi connectivity index (χ1) is 15.8. The number of rotatable bonds is 8. The van der Waals surface area contributed by atoms with E-state index < -0.39 is 10.1 Å². The molecule has 0 bridgehead atoms. The van der Waals surface area contributed by atoms with E-state index in [-0.39, 0.29) is 18.6 Å². The molecule has 0 saturated carbocycles. The van der Waals surface area contributed by atoms with E-state index in [1.165, 1.54) is 0 Å². The smallest absolute Gasteiger partial charge is 0.281 e. The van der Waals surface area contributed by atoms with Crippen LogP contribution in [0.5, 0.6) is 5.75 Å². The summed E-state index contributed by atoms with van der Waals surface area (Å²) in [6.07, 6.45) is 1.28. The van der Waals surface area contributed by atoms with E-state index >= 15 is 0 Å². The first-order valence-electron chi connectivity index (χ1n) is 10.4. The Morgan fingerprint density at radius 2 is 1.73 bits per heavy atom. The van der Waals surface area contributed by atoms with Crippen molar-refractivity contribution in [1.82, 2.24) is 14.3 Å². The molecule has 4 aromatic rings. The number of aryl methyl sites for hydroxylation is 1. The second kappa shape index (κ2) is 9.21. The SMILES string of the molecule is COc1ccc(Cn2c3nc(C)cc(CCOS(C)(=O)=O)c3c(=O)n2-c2ccccc2)cc1. The molecule has 0 spiro atoms. The van der Waals surface area contributed by atoms with Crippen LogP contribution in [0, 0.1) is 6.92 Å². The molecule has 0 saturated heterocycles. The predicted octanol–water partition coefficient (Wildman–Crippen LogP) is 3.07. The fraction of sp³-hybridized carbons (Fsp3) is 0.250. The second-order valence-corrected chi connectivity index (χ2v) is 9.40. The van der Waals surface area contributed by atoms with Crippen molar-refractivity contribution in [2.45, 2.75) is 19.9 Å². The van der Waals surface area contributed by atoms with E-state index in [2.05, 4.69) is 4.98 Å². The lowest BCUT2D eigenvalue weighted by Gasteiger charge is -2.13. The average Bonchev–Trinajstić information content (AvgIpc) is 3.05. The fourth-order valence-corrected chi connectivity index (χ4v) is 4.21. The van der Waals surface area contributed by atoms with Crippen LogP contribution in [-0.2, 0) is 27.3 Å². The van der Waals surface area contributed by atoms with Crippen molar-refractivity contribution >= 4 is 21.2 Å². The van der Waals surface area contributed by atoms with Crippen LogP contribution in [0.25, 0.3) is 16.7 Å². The maximum absolute atomic E-state index is 13.7. The fourth-order valence-electron chi connectivity index (χ4n) is 3.83. The molecule has 2 aromatic heterocycles. The Morgan fingerprint density at radius 3 is 2.36 bits per heavy atom. The van der Waals surface area contributed by atoms with Crippen molar-refractivity contribution < 1.29 is 17.3 Å². The number of fused-ring (bicyclic) bond motifs is 1. The highest BCUT2D eigenvalue weighted by molar-refractivity contribution is 7.85. The number of para-hydroxylation sites is 1. The van der Waals surface area contributed by atoms with E-state index in [9.17, 15) is 13.2 Å². The number of aromatic nitrogens is 3. The Bertz CT molecular complexity index is 1440. The molecular weight excluding hydrogens is 442 g/mol. The van der Waals surface area contributed by atoms with Gasteiger partial charge in [0.05, 0.1) is 37.6 Å². The molecule has 0 aliphatic carbocycles. The van der Waals surface area contributed by atoms with Gasteiger partial charge in [-0.1, -0.05) is 30.3 Å². The zero-order valence-corrected chi connectivity index (χ0v) is 19.5. The van der Waals surface area contributed by atoms with Crippen molar-refractivity contribution in [3.63, 3.8) is 0 Å². The second-order valence-electron chi connectivity index (χ2n) is 7.76. The molecule has 4 rings (SSSR count). The molecule has 8 nitrogen and oxygen atoms in total. The summed E-state index contributed by atoms with van der Waals surface area (Å²) in [5.74, 6) is 0.749. The molecule has 9 heteroatoms. The highest BCUT2D eigenvalue weighted by Gasteiger charge is 2.20. The van der Waals surface area contributed by atoms with Gasteiger partial charge < -0.3 is 4.74 Å². The number of ether oxygens (including phenoxy) is 1. The summed E-state index contributed by atoms with van der Waals surface area (Å²) < 4.78 is 36.4. The van der Waals surface area contributed by atoms with Crippen molar-refractivity contribution in [1.29, 1.82) is 0 Å². The standard InChI is InChI=1S/C24H25N3O5S/c1-17-15-19(13-14-32-33(3,29)30)22-23(25-17)26(16-18-9-11-21(31-2)12-10-18)27(24(22)28)20-7-5-4-6-8-20/h4-12,15H,13-14,16H2,1-3H3. The van der Waals surface area contributed by atoms with Crippen LogP contribution in [0.15, 0.2) is 65.5 Å². The minimum absolute atomic E-state index is 0.0498. The predicted molar refractivity (Wildman–Crippen MR) is 127 cm³/mol. The third kappa shape index (κ3) is 4.99. The minimum Gasteiger partial charge on any atom is -0.497 e. The van der Waals surface area contributed by atoms with Crippen LogP contribution in [-0.4, -0.2) is 42.7 Å². The van der Waals surface area contributed by atoms with Crippen LogP contribution < -0.4 is 10.3 Å². The summed E-state index contributed by atoms with van der Waals surface area (Å²) in [4.78, 5) is 18.3. The van der Waals surface area contributed by atoms with E-state index in [0.717, 1.165) is 23.3 Å². The average molecular weight is 468 g/mol. The lowest BCUT2D eigenvalue weighted by molar-refractivity contribution is 0.326. The lowest BCUT2D eigenvalue weighted by atomic mass is 10.1. The number of methoxy groups -OCH3 is 1. The number of nitrogens with zero attached hydrogens (tertiary/aromatic N) is 3. The maximum atomic E-state index is 13.7. The molecule has 0 atom stereocenters. The third-order valence-electron chi connectivity index (χ3n) is 5.26. The topological polar surface area (TPSA) is 92.4 Å². The van der Waals surface area contributed by atoms with Crippen molar-refractivity contribution in [2.75, 3.05) is 20.0 Å². The maximum Gasteiger partial charge on any atom is 0.281 e. The Balaban J connectivity index is 1.89. The van der Waals surface area contributed by atoms with Gasteiger partial charge in [-0.15, -0.1) is 0 Å². The first-order valence-corrected chi connectivity index (χ1v) is 12.2. The van der Waals surface area contributed by atoms with Gasteiger partial charge in [0.1, 0.15) is 5.75 Å². The third-order valence-corrected chi connectivity index (χ3v) is 5.86. The molecule has 0 unspecified atom stereocenters. The van der Waals surface area contributed by atoms with Crippen molar-refractivity contribution in [3.05, 3.63) is 87.8 Å². The normalized spacial score (nSPS) is 11.7. The molecule has 0 amide bonds. The molecule has 172 valence electrons. The monoisotopic (exact) mass is 467 g/mol. The molecule has 0 N–H and O–H groups in total. The molecule has 0 fully saturated rings. The summed E-state index contributed by atoms with van der Waals surface area (Å²) in [7, 11) is -1.96. The highest BCUT2D eigenvalue weighted by Crippen LogP contribution is 2.21. The molecule has 2 heterocycles. The lowest BCUT2D eigenvalue weighted by Crippen LogP contribution is -2.22. The first kappa shape index (κ1) is 22.8. The number of pyridine rings is 1. The van der Waals surface area contributed by atoms with Gasteiger partial charge in [0, 0.05) is 5.69 Å². The zero-order chi connectivity index (χ0) is 23.6. The summed E-state index contributed by atoms with van der Waals surface area (Å²) in [5.41, 5.74) is 3.43. The summed E-state index contributed by atoms with van der Waals surface area (Å²) >= 11 is 0. The molecule has 33 heavy (non-hydrogen) atoms.